The molecule has 1 aliphatic heterocycles. The maximum atomic E-state index is 16.3. The Morgan fingerprint density at radius 2 is 1.71 bits per heavy atom. The minimum absolute atomic E-state index is 0.0623. The summed E-state index contributed by atoms with van der Waals surface area (Å²) >= 11 is 0. The molecule has 0 radical (unpaired) electrons. The second-order valence-corrected chi connectivity index (χ2v) is 11.4. The van der Waals surface area contributed by atoms with Crippen LogP contribution in [0.25, 0.3) is 0 Å². The van der Waals surface area contributed by atoms with Gasteiger partial charge in [0.05, 0.1) is 25.3 Å². The van der Waals surface area contributed by atoms with E-state index in [0.717, 1.165) is 23.5 Å². The standard InChI is InChI=1S/C36H32F2N4O6/c1-42-18-17-40-32(42)25-11-8-12-26(20-25)46-33-29(37)31(48-36(35(43)44-2)15-6-7-16-36)30(38)34(41-33)47-28-19-24(21-39)13-14-27(28)45-22-23-9-4-3-5-10-23/h3-5,8-14,19-20H,6-7,15-18,22H2,1-2H3. The minimum Gasteiger partial charge on any atom is -0.485 e. The number of rotatable bonds is 11. The molecular weight excluding hydrogens is 622 g/mol. The molecule has 246 valence electrons. The quantitative estimate of drug-likeness (QED) is 0.158. The van der Waals surface area contributed by atoms with Crippen LogP contribution in [-0.2, 0) is 16.1 Å². The van der Waals surface area contributed by atoms with E-state index in [2.05, 4.69) is 9.98 Å². The number of halogens is 2. The average molecular weight is 655 g/mol. The highest BCUT2D eigenvalue weighted by Gasteiger charge is 2.47. The summed E-state index contributed by atoms with van der Waals surface area (Å²) < 4.78 is 61.2. The van der Waals surface area contributed by atoms with E-state index in [1.165, 1.54) is 25.3 Å². The monoisotopic (exact) mass is 654 g/mol. The molecule has 12 heteroatoms. The van der Waals surface area contributed by atoms with Crippen molar-refractivity contribution in [3.63, 3.8) is 0 Å². The van der Waals surface area contributed by atoms with Gasteiger partial charge in [0, 0.05) is 25.2 Å². The van der Waals surface area contributed by atoms with Crippen molar-refractivity contribution in [1.82, 2.24) is 9.88 Å². The molecule has 0 amide bonds. The molecule has 0 atom stereocenters. The lowest BCUT2D eigenvalue weighted by molar-refractivity contribution is -0.159. The van der Waals surface area contributed by atoms with Gasteiger partial charge in [-0.05, 0) is 55.5 Å². The Morgan fingerprint density at radius 3 is 2.40 bits per heavy atom. The molecule has 1 saturated carbocycles. The SMILES string of the molecule is COC(=O)C1(Oc2c(F)c(Oc3cccc(C4=NCCN4C)c3)nc(Oc3cc(C#N)ccc3OCc3ccccc3)c2F)CCCC1. The Hall–Kier alpha value is -5.70. The van der Waals surface area contributed by atoms with E-state index in [1.54, 1.807) is 18.2 Å². The van der Waals surface area contributed by atoms with Crippen molar-refractivity contribution in [2.75, 3.05) is 27.2 Å². The summed E-state index contributed by atoms with van der Waals surface area (Å²) in [6.07, 6.45) is 1.55. The Labute approximate surface area is 276 Å². The molecule has 48 heavy (non-hydrogen) atoms. The van der Waals surface area contributed by atoms with Crippen LogP contribution in [0.3, 0.4) is 0 Å². The number of hydrogen-bond donors (Lipinski definition) is 0. The molecule has 1 fully saturated rings. The number of nitrogens with zero attached hydrogens (tertiary/aromatic N) is 4. The highest BCUT2D eigenvalue weighted by atomic mass is 19.1. The molecule has 0 unspecified atom stereocenters. The first-order valence-electron chi connectivity index (χ1n) is 15.4. The van der Waals surface area contributed by atoms with E-state index in [1.807, 2.05) is 54.4 Å². The molecule has 1 aromatic heterocycles. The first kappa shape index (κ1) is 32.2. The highest BCUT2D eigenvalue weighted by molar-refractivity contribution is 5.99. The van der Waals surface area contributed by atoms with Crippen molar-refractivity contribution in [2.24, 2.45) is 4.99 Å². The van der Waals surface area contributed by atoms with Crippen LogP contribution >= 0.6 is 0 Å². The van der Waals surface area contributed by atoms with Crippen molar-refractivity contribution in [2.45, 2.75) is 37.9 Å². The van der Waals surface area contributed by atoms with Crippen LogP contribution in [0, 0.1) is 23.0 Å². The predicted molar refractivity (Wildman–Crippen MR) is 171 cm³/mol. The summed E-state index contributed by atoms with van der Waals surface area (Å²) in [6, 6.07) is 22.5. The maximum Gasteiger partial charge on any atom is 0.350 e. The molecule has 2 heterocycles. The van der Waals surface area contributed by atoms with Gasteiger partial charge in [-0.25, -0.2) is 4.79 Å². The second kappa shape index (κ2) is 14.0. The van der Waals surface area contributed by atoms with Gasteiger partial charge in [-0.2, -0.15) is 19.0 Å². The second-order valence-electron chi connectivity index (χ2n) is 11.4. The first-order chi connectivity index (χ1) is 23.3. The van der Waals surface area contributed by atoms with E-state index in [-0.39, 0.29) is 42.3 Å². The predicted octanol–water partition coefficient (Wildman–Crippen LogP) is 6.95. The number of hydrogen-bond acceptors (Lipinski definition) is 10. The van der Waals surface area contributed by atoms with Gasteiger partial charge >= 0.3 is 5.97 Å². The summed E-state index contributed by atoms with van der Waals surface area (Å²) in [6.45, 7) is 1.53. The summed E-state index contributed by atoms with van der Waals surface area (Å²) in [7, 11) is 3.10. The zero-order chi connectivity index (χ0) is 33.7. The number of benzene rings is 3. The number of amidine groups is 1. The average Bonchev–Trinajstić information content (AvgIpc) is 3.78. The van der Waals surface area contributed by atoms with Crippen molar-refractivity contribution >= 4 is 11.8 Å². The topological polar surface area (TPSA) is 116 Å². The van der Waals surface area contributed by atoms with Gasteiger partial charge in [-0.1, -0.05) is 42.5 Å². The van der Waals surface area contributed by atoms with Crippen molar-refractivity contribution < 1.29 is 37.3 Å². The fraction of sp³-hybridized carbons (Fsp3) is 0.278. The van der Waals surface area contributed by atoms with Crippen molar-refractivity contribution in [3.05, 3.63) is 101 Å². The molecular formula is C36H32F2N4O6. The van der Waals surface area contributed by atoms with Crippen molar-refractivity contribution in [1.29, 1.82) is 5.26 Å². The summed E-state index contributed by atoms with van der Waals surface area (Å²) in [5, 5.41) is 9.57. The number of aromatic nitrogens is 1. The third-order valence-electron chi connectivity index (χ3n) is 8.13. The molecule has 10 nitrogen and oxygen atoms in total. The van der Waals surface area contributed by atoms with Gasteiger partial charge in [-0.3, -0.25) is 4.99 Å². The van der Waals surface area contributed by atoms with Gasteiger partial charge < -0.3 is 28.6 Å². The van der Waals surface area contributed by atoms with Crippen LogP contribution < -0.4 is 18.9 Å². The molecule has 3 aromatic carbocycles. The lowest BCUT2D eigenvalue weighted by Gasteiger charge is -2.28. The largest absolute Gasteiger partial charge is 0.485 e. The highest BCUT2D eigenvalue weighted by Crippen LogP contribution is 2.44. The fourth-order valence-electron chi connectivity index (χ4n) is 5.65. The molecule has 1 aliphatic carbocycles. The van der Waals surface area contributed by atoms with Crippen LogP contribution in [0.2, 0.25) is 0 Å². The Kier molecular flexibility index (Phi) is 9.38. The molecule has 0 N–H and O–H groups in total. The molecule has 0 bridgehead atoms. The molecule has 0 saturated heterocycles. The van der Waals surface area contributed by atoms with E-state index < -0.39 is 40.7 Å². The fourth-order valence-corrected chi connectivity index (χ4v) is 5.65. The van der Waals surface area contributed by atoms with Crippen LogP contribution in [0.1, 0.15) is 42.4 Å². The van der Waals surface area contributed by atoms with E-state index in [9.17, 15) is 10.1 Å². The molecule has 2 aliphatic rings. The third-order valence-corrected chi connectivity index (χ3v) is 8.13. The normalized spacial score (nSPS) is 15.0. The third kappa shape index (κ3) is 6.71. The number of likely N-dealkylation sites (N-methyl/N-ethyl adjacent to an activating group) is 1. The zero-order valence-electron chi connectivity index (χ0n) is 26.4. The smallest absolute Gasteiger partial charge is 0.350 e. The van der Waals surface area contributed by atoms with Gasteiger partial charge in [0.25, 0.3) is 11.8 Å². The number of esters is 1. The van der Waals surface area contributed by atoms with Gasteiger partial charge in [0.1, 0.15) is 18.2 Å². The number of aliphatic imine (C=N–C) groups is 1. The number of pyridine rings is 1. The Balaban J connectivity index is 1.41. The van der Waals surface area contributed by atoms with Crippen LogP contribution in [0.15, 0.2) is 77.8 Å². The summed E-state index contributed by atoms with van der Waals surface area (Å²) in [5.41, 5.74) is 0.154. The number of methoxy groups -OCH3 is 1. The lowest BCUT2D eigenvalue weighted by Crippen LogP contribution is -2.43. The Morgan fingerprint density at radius 1 is 0.958 bits per heavy atom. The Bertz CT molecular complexity index is 1890. The van der Waals surface area contributed by atoms with E-state index >= 15 is 8.78 Å². The van der Waals surface area contributed by atoms with Gasteiger partial charge in [0.15, 0.2) is 11.5 Å². The van der Waals surface area contributed by atoms with Gasteiger partial charge in [0.2, 0.25) is 23.0 Å². The lowest BCUT2D eigenvalue weighted by atomic mass is 10.0. The van der Waals surface area contributed by atoms with Gasteiger partial charge in [-0.15, -0.1) is 0 Å². The zero-order valence-corrected chi connectivity index (χ0v) is 26.4. The summed E-state index contributed by atoms with van der Waals surface area (Å²) in [4.78, 5) is 23.4. The number of carbonyl (C=O) groups is 1. The number of ether oxygens (including phenoxy) is 5. The molecule has 0 spiro atoms. The minimum atomic E-state index is -1.62. The van der Waals surface area contributed by atoms with E-state index in [4.69, 9.17) is 23.7 Å². The van der Waals surface area contributed by atoms with Crippen LogP contribution in [0.4, 0.5) is 8.78 Å². The summed E-state index contributed by atoms with van der Waals surface area (Å²) in [5.74, 6) is -4.62. The number of nitriles is 1. The van der Waals surface area contributed by atoms with E-state index in [0.29, 0.717) is 19.4 Å². The van der Waals surface area contributed by atoms with Crippen LogP contribution in [-0.4, -0.2) is 54.5 Å². The molecule has 6 rings (SSSR count). The molecule has 4 aromatic rings. The maximum absolute atomic E-state index is 16.3. The number of carbonyl (C=O) groups excluding carboxylic acids is 1. The first-order valence-corrected chi connectivity index (χ1v) is 15.4. The van der Waals surface area contributed by atoms with Crippen LogP contribution in [0.5, 0.6) is 34.8 Å². The van der Waals surface area contributed by atoms with Crippen molar-refractivity contribution in [3.8, 4) is 40.8 Å².